The first kappa shape index (κ1) is 13.6. The lowest BCUT2D eigenvalue weighted by molar-refractivity contribution is -0.426. The molecular formula is C17H15N2OS+. The Morgan fingerprint density at radius 1 is 1.05 bits per heavy atom. The number of H-pyrrole nitrogens is 1. The molecule has 3 aromatic rings. The molecule has 0 amide bonds. The SMILES string of the molecule is Cc1ccc(N=Cc2ccc(Sc3cccc[nH+]3)o2)cc1. The van der Waals surface area contributed by atoms with Crippen molar-refractivity contribution < 1.29 is 9.40 Å². The van der Waals surface area contributed by atoms with Gasteiger partial charge in [-0.1, -0.05) is 17.7 Å². The van der Waals surface area contributed by atoms with Crippen molar-refractivity contribution in [2.45, 2.75) is 17.0 Å². The van der Waals surface area contributed by atoms with Gasteiger partial charge in [0.25, 0.3) is 0 Å². The third-order valence-corrected chi connectivity index (χ3v) is 3.76. The highest BCUT2D eigenvalue weighted by molar-refractivity contribution is 7.99. The second-order valence-corrected chi connectivity index (χ2v) is 5.63. The molecule has 21 heavy (non-hydrogen) atoms. The molecule has 0 fully saturated rings. The van der Waals surface area contributed by atoms with Crippen LogP contribution in [-0.4, -0.2) is 6.21 Å². The predicted octanol–water partition coefficient (Wildman–Crippen LogP) is 4.30. The summed E-state index contributed by atoms with van der Waals surface area (Å²) in [7, 11) is 0. The lowest BCUT2D eigenvalue weighted by atomic mass is 10.2. The van der Waals surface area contributed by atoms with Gasteiger partial charge in [-0.05, 0) is 37.3 Å². The van der Waals surface area contributed by atoms with Crippen molar-refractivity contribution in [2.24, 2.45) is 4.99 Å². The van der Waals surface area contributed by atoms with E-state index in [0.29, 0.717) is 0 Å². The molecule has 0 aliphatic heterocycles. The molecule has 104 valence electrons. The highest BCUT2D eigenvalue weighted by atomic mass is 32.2. The van der Waals surface area contributed by atoms with Gasteiger partial charge in [-0.15, -0.1) is 0 Å². The van der Waals surface area contributed by atoms with Crippen LogP contribution < -0.4 is 4.98 Å². The Balaban J connectivity index is 1.69. The average Bonchev–Trinajstić information content (AvgIpc) is 2.95. The minimum atomic E-state index is 0.744. The lowest BCUT2D eigenvalue weighted by Gasteiger charge is -1.93. The molecule has 2 heterocycles. The highest BCUT2D eigenvalue weighted by Gasteiger charge is 2.06. The monoisotopic (exact) mass is 295 g/mol. The second-order valence-electron chi connectivity index (χ2n) is 4.58. The van der Waals surface area contributed by atoms with Crippen molar-refractivity contribution >= 4 is 23.7 Å². The summed E-state index contributed by atoms with van der Waals surface area (Å²) in [5.74, 6) is 0.744. The van der Waals surface area contributed by atoms with Crippen LogP contribution in [-0.2, 0) is 0 Å². The van der Waals surface area contributed by atoms with E-state index in [1.54, 1.807) is 18.0 Å². The number of benzene rings is 1. The maximum Gasteiger partial charge on any atom is 0.246 e. The van der Waals surface area contributed by atoms with E-state index in [9.17, 15) is 0 Å². The number of furan rings is 1. The first-order valence-corrected chi connectivity index (χ1v) is 7.46. The summed E-state index contributed by atoms with van der Waals surface area (Å²) >= 11 is 1.55. The van der Waals surface area contributed by atoms with E-state index in [-0.39, 0.29) is 0 Å². The van der Waals surface area contributed by atoms with E-state index in [4.69, 9.17) is 4.42 Å². The number of hydrogen-bond acceptors (Lipinski definition) is 3. The summed E-state index contributed by atoms with van der Waals surface area (Å²) in [6.07, 6.45) is 3.63. The Hall–Kier alpha value is -2.33. The summed E-state index contributed by atoms with van der Waals surface area (Å²) in [5, 5.41) is 1.87. The first-order valence-electron chi connectivity index (χ1n) is 6.65. The van der Waals surface area contributed by atoms with Gasteiger partial charge in [0.15, 0.2) is 11.3 Å². The number of aromatic nitrogens is 1. The number of rotatable bonds is 4. The molecule has 0 saturated carbocycles. The van der Waals surface area contributed by atoms with Crippen molar-refractivity contribution in [1.82, 2.24) is 0 Å². The fraction of sp³-hybridized carbons (Fsp3) is 0.0588. The van der Waals surface area contributed by atoms with E-state index in [1.807, 2.05) is 60.8 Å². The van der Waals surface area contributed by atoms with E-state index in [2.05, 4.69) is 16.9 Å². The van der Waals surface area contributed by atoms with Gasteiger partial charge in [0.05, 0.1) is 11.9 Å². The molecule has 0 saturated heterocycles. The smallest absolute Gasteiger partial charge is 0.246 e. The first-order chi connectivity index (χ1) is 10.3. The zero-order chi connectivity index (χ0) is 14.5. The van der Waals surface area contributed by atoms with Crippen molar-refractivity contribution in [1.29, 1.82) is 0 Å². The minimum absolute atomic E-state index is 0.744. The molecule has 0 radical (unpaired) electrons. The summed E-state index contributed by atoms with van der Waals surface area (Å²) in [6.45, 7) is 2.06. The van der Waals surface area contributed by atoms with Crippen LogP contribution in [0, 0.1) is 6.92 Å². The van der Waals surface area contributed by atoms with E-state index in [0.717, 1.165) is 21.6 Å². The van der Waals surface area contributed by atoms with Crippen molar-refractivity contribution in [3.8, 4) is 0 Å². The molecular weight excluding hydrogens is 280 g/mol. The largest absolute Gasteiger partial charge is 0.448 e. The average molecular weight is 295 g/mol. The van der Waals surface area contributed by atoms with Gasteiger partial charge in [0, 0.05) is 23.9 Å². The zero-order valence-corrected chi connectivity index (χ0v) is 12.4. The molecule has 0 unspecified atom stereocenters. The fourth-order valence-electron chi connectivity index (χ4n) is 1.78. The van der Waals surface area contributed by atoms with Crippen LogP contribution in [0.4, 0.5) is 5.69 Å². The summed E-state index contributed by atoms with van der Waals surface area (Å²) in [4.78, 5) is 7.56. The Labute approximate surface area is 127 Å². The van der Waals surface area contributed by atoms with Gasteiger partial charge in [0.2, 0.25) is 5.03 Å². The number of nitrogens with zero attached hydrogens (tertiary/aromatic N) is 1. The fourth-order valence-corrected chi connectivity index (χ4v) is 2.54. The van der Waals surface area contributed by atoms with Gasteiger partial charge in [-0.25, -0.2) is 4.98 Å². The maximum absolute atomic E-state index is 5.73. The van der Waals surface area contributed by atoms with Crippen LogP contribution in [0.25, 0.3) is 0 Å². The number of aromatic amines is 1. The van der Waals surface area contributed by atoms with Gasteiger partial charge in [0.1, 0.15) is 5.76 Å². The van der Waals surface area contributed by atoms with Crippen LogP contribution in [0.3, 0.4) is 0 Å². The van der Waals surface area contributed by atoms with Gasteiger partial charge >= 0.3 is 0 Å². The molecule has 2 aromatic heterocycles. The minimum Gasteiger partial charge on any atom is -0.448 e. The van der Waals surface area contributed by atoms with Crippen LogP contribution in [0.15, 0.2) is 80.3 Å². The van der Waals surface area contributed by atoms with Gasteiger partial charge < -0.3 is 4.42 Å². The molecule has 1 aromatic carbocycles. The molecule has 3 rings (SSSR count). The van der Waals surface area contributed by atoms with Gasteiger partial charge in [-0.2, -0.15) is 0 Å². The van der Waals surface area contributed by atoms with E-state index < -0.39 is 0 Å². The zero-order valence-electron chi connectivity index (χ0n) is 11.6. The topological polar surface area (TPSA) is 39.6 Å². The second kappa shape index (κ2) is 6.41. The third kappa shape index (κ3) is 3.83. The quantitative estimate of drug-likeness (QED) is 0.673. The van der Waals surface area contributed by atoms with Crippen molar-refractivity contribution in [2.75, 3.05) is 0 Å². The summed E-state index contributed by atoms with van der Waals surface area (Å²) < 4.78 is 5.73. The predicted molar refractivity (Wildman–Crippen MR) is 84.3 cm³/mol. The molecule has 0 aliphatic rings. The normalized spacial score (nSPS) is 11.1. The van der Waals surface area contributed by atoms with Crippen LogP contribution in [0.1, 0.15) is 11.3 Å². The standard InChI is InChI=1S/C17H14N2OS/c1-13-5-7-14(8-6-13)19-12-15-9-10-17(20-15)21-16-4-2-3-11-18-16/h2-12H,1H3/p+1. The number of nitrogens with one attached hydrogen (secondary N) is 1. The highest BCUT2D eigenvalue weighted by Crippen LogP contribution is 2.25. The third-order valence-electron chi connectivity index (χ3n) is 2.87. The number of aliphatic imine (C=N–C) groups is 1. The lowest BCUT2D eigenvalue weighted by Crippen LogP contribution is -2.02. The number of pyridine rings is 1. The molecule has 0 atom stereocenters. The van der Waals surface area contributed by atoms with Crippen LogP contribution in [0.2, 0.25) is 0 Å². The maximum atomic E-state index is 5.73. The Morgan fingerprint density at radius 3 is 2.67 bits per heavy atom. The van der Waals surface area contributed by atoms with E-state index in [1.165, 1.54) is 5.56 Å². The van der Waals surface area contributed by atoms with Crippen molar-refractivity contribution in [3.63, 3.8) is 0 Å². The molecule has 0 bridgehead atoms. The molecule has 3 nitrogen and oxygen atoms in total. The van der Waals surface area contributed by atoms with Crippen molar-refractivity contribution in [3.05, 3.63) is 72.1 Å². The molecule has 1 N–H and O–H groups in total. The Bertz CT molecular complexity index is 733. The van der Waals surface area contributed by atoms with Gasteiger partial charge in [-0.3, -0.25) is 4.99 Å². The van der Waals surface area contributed by atoms with E-state index >= 15 is 0 Å². The van der Waals surface area contributed by atoms with Crippen LogP contribution >= 0.6 is 11.8 Å². The summed E-state index contributed by atoms with van der Waals surface area (Å²) in [6, 6.07) is 17.9. The summed E-state index contributed by atoms with van der Waals surface area (Å²) in [5.41, 5.74) is 2.15. The molecule has 0 aliphatic carbocycles. The van der Waals surface area contributed by atoms with Crippen LogP contribution in [0.5, 0.6) is 0 Å². The number of hydrogen-bond donors (Lipinski definition) is 0. The molecule has 0 spiro atoms. The Kier molecular flexibility index (Phi) is 4.17. The Morgan fingerprint density at radius 2 is 1.90 bits per heavy atom. The molecule has 4 heteroatoms. The number of aryl methyl sites for hydroxylation is 1.